The molecule has 16 heavy (non-hydrogen) atoms. The summed E-state index contributed by atoms with van der Waals surface area (Å²) in [6.07, 6.45) is -7.88. The third-order valence-electron chi connectivity index (χ3n) is 2.24. The highest BCUT2D eigenvalue weighted by atomic mass is 16.7. The van der Waals surface area contributed by atoms with Gasteiger partial charge in [-0.15, -0.1) is 0 Å². The molecule has 0 saturated carbocycles. The summed E-state index contributed by atoms with van der Waals surface area (Å²) in [5, 5.41) is 36.9. The summed E-state index contributed by atoms with van der Waals surface area (Å²) >= 11 is 0. The molecule has 1 aliphatic rings. The van der Waals surface area contributed by atoms with Gasteiger partial charge in [0.15, 0.2) is 12.4 Å². The molecule has 4 N–H and O–H groups in total. The van der Waals surface area contributed by atoms with Crippen molar-refractivity contribution in [3.63, 3.8) is 0 Å². The molecule has 1 saturated heterocycles. The van der Waals surface area contributed by atoms with E-state index >= 15 is 0 Å². The number of carbonyl (C=O) groups is 1. The normalized spacial score (nSPS) is 40.0. The van der Waals surface area contributed by atoms with Gasteiger partial charge in [0.1, 0.15) is 18.3 Å². The molecular formula is C9H16O7. The van der Waals surface area contributed by atoms with Crippen LogP contribution < -0.4 is 0 Å². The Hall–Kier alpha value is -0.730. The lowest BCUT2D eigenvalue weighted by atomic mass is 9.98. The van der Waals surface area contributed by atoms with Crippen LogP contribution in [0, 0.1) is 0 Å². The number of rotatable bonds is 3. The van der Waals surface area contributed by atoms with Crippen molar-refractivity contribution >= 4 is 5.97 Å². The summed E-state index contributed by atoms with van der Waals surface area (Å²) in [6.45, 7) is 3.31. The number of aliphatic hydroxyl groups is 3. The molecule has 0 bridgehead atoms. The van der Waals surface area contributed by atoms with Crippen molar-refractivity contribution in [2.24, 2.45) is 0 Å². The van der Waals surface area contributed by atoms with E-state index in [1.54, 1.807) is 13.8 Å². The van der Waals surface area contributed by atoms with Crippen molar-refractivity contribution < 1.29 is 34.7 Å². The maximum atomic E-state index is 10.8. The van der Waals surface area contributed by atoms with E-state index in [1.165, 1.54) is 0 Å². The predicted octanol–water partition coefficient (Wildman–Crippen LogP) is -1.70. The number of hydrogen-bond acceptors (Lipinski definition) is 6. The third-order valence-corrected chi connectivity index (χ3v) is 2.24. The fourth-order valence-electron chi connectivity index (χ4n) is 1.52. The van der Waals surface area contributed by atoms with Crippen LogP contribution in [0.3, 0.4) is 0 Å². The zero-order valence-corrected chi connectivity index (χ0v) is 8.98. The zero-order valence-electron chi connectivity index (χ0n) is 8.98. The van der Waals surface area contributed by atoms with Crippen LogP contribution in [0.5, 0.6) is 0 Å². The van der Waals surface area contributed by atoms with Crippen LogP contribution in [0.2, 0.25) is 0 Å². The summed E-state index contributed by atoms with van der Waals surface area (Å²) in [5.41, 5.74) is 0. The van der Waals surface area contributed by atoms with Crippen molar-refractivity contribution in [2.75, 3.05) is 0 Å². The van der Waals surface area contributed by atoms with Gasteiger partial charge in [0, 0.05) is 0 Å². The molecule has 0 aromatic rings. The van der Waals surface area contributed by atoms with Crippen molar-refractivity contribution in [3.05, 3.63) is 0 Å². The van der Waals surface area contributed by atoms with Crippen molar-refractivity contribution in [3.8, 4) is 0 Å². The number of aliphatic hydroxyl groups excluding tert-OH is 3. The molecule has 0 aliphatic carbocycles. The maximum Gasteiger partial charge on any atom is 0.335 e. The number of aliphatic carboxylic acids is 1. The first-order valence-electron chi connectivity index (χ1n) is 4.92. The molecule has 1 heterocycles. The lowest BCUT2D eigenvalue weighted by molar-refractivity contribution is -0.291. The van der Waals surface area contributed by atoms with Gasteiger partial charge in [-0.2, -0.15) is 0 Å². The Kier molecular flexibility index (Phi) is 4.22. The molecule has 1 fully saturated rings. The molecule has 7 heteroatoms. The molecule has 7 nitrogen and oxygen atoms in total. The van der Waals surface area contributed by atoms with E-state index in [0.29, 0.717) is 0 Å². The van der Waals surface area contributed by atoms with Crippen LogP contribution in [0.1, 0.15) is 13.8 Å². The van der Waals surface area contributed by atoms with E-state index in [1.807, 2.05) is 0 Å². The highest BCUT2D eigenvalue weighted by Gasteiger charge is 2.48. The first kappa shape index (κ1) is 13.3. The van der Waals surface area contributed by atoms with Gasteiger partial charge in [0.05, 0.1) is 6.10 Å². The Morgan fingerprint density at radius 1 is 1.25 bits per heavy atom. The lowest BCUT2D eigenvalue weighted by Gasteiger charge is -2.39. The number of hydrogen-bond donors (Lipinski definition) is 4. The molecule has 1 rings (SSSR count). The average Bonchev–Trinajstić information content (AvgIpc) is 2.17. The lowest BCUT2D eigenvalue weighted by Crippen LogP contribution is -2.61. The largest absolute Gasteiger partial charge is 0.479 e. The second kappa shape index (κ2) is 5.07. The molecule has 0 amide bonds. The van der Waals surface area contributed by atoms with Gasteiger partial charge in [0.25, 0.3) is 0 Å². The summed E-state index contributed by atoms with van der Waals surface area (Å²) < 4.78 is 9.83. The van der Waals surface area contributed by atoms with E-state index in [-0.39, 0.29) is 6.10 Å². The minimum atomic E-state index is -1.73. The predicted molar refractivity (Wildman–Crippen MR) is 50.5 cm³/mol. The SMILES string of the molecule is CC(C)O[C@H]1[C@H](O)[C@H](O)C(O)O[C@H]1C(=O)O. The van der Waals surface area contributed by atoms with Crippen molar-refractivity contribution in [2.45, 2.75) is 50.7 Å². The van der Waals surface area contributed by atoms with E-state index in [9.17, 15) is 15.0 Å². The monoisotopic (exact) mass is 236 g/mol. The summed E-state index contributed by atoms with van der Waals surface area (Å²) in [7, 11) is 0. The van der Waals surface area contributed by atoms with Gasteiger partial charge in [-0.25, -0.2) is 4.79 Å². The number of carboxylic acid groups (broad SMARTS) is 1. The van der Waals surface area contributed by atoms with Crippen LogP contribution in [0.4, 0.5) is 0 Å². The Morgan fingerprint density at radius 2 is 1.81 bits per heavy atom. The Balaban J connectivity index is 2.84. The molecule has 5 atom stereocenters. The van der Waals surface area contributed by atoms with Crippen molar-refractivity contribution in [1.82, 2.24) is 0 Å². The molecule has 1 unspecified atom stereocenters. The van der Waals surface area contributed by atoms with E-state index in [0.717, 1.165) is 0 Å². The Labute approximate surface area is 92.2 Å². The number of ether oxygens (including phenoxy) is 2. The van der Waals surface area contributed by atoms with Crippen LogP contribution in [-0.4, -0.2) is 63.2 Å². The Bertz CT molecular complexity index is 254. The first-order chi connectivity index (χ1) is 7.34. The van der Waals surface area contributed by atoms with Gasteiger partial charge in [-0.3, -0.25) is 0 Å². The minimum Gasteiger partial charge on any atom is -0.479 e. The first-order valence-corrected chi connectivity index (χ1v) is 4.92. The van der Waals surface area contributed by atoms with E-state index < -0.39 is 36.7 Å². The van der Waals surface area contributed by atoms with Crippen molar-refractivity contribution in [1.29, 1.82) is 0 Å². The fraction of sp³-hybridized carbons (Fsp3) is 0.889. The van der Waals surface area contributed by atoms with Crippen LogP contribution in [0.25, 0.3) is 0 Å². The summed E-state index contributed by atoms with van der Waals surface area (Å²) in [4.78, 5) is 10.8. The second-order valence-electron chi connectivity index (χ2n) is 3.92. The average molecular weight is 236 g/mol. The van der Waals surface area contributed by atoms with Crippen LogP contribution in [-0.2, 0) is 14.3 Å². The zero-order chi connectivity index (χ0) is 12.5. The van der Waals surface area contributed by atoms with Crippen LogP contribution in [0.15, 0.2) is 0 Å². The van der Waals surface area contributed by atoms with Gasteiger partial charge >= 0.3 is 5.97 Å². The minimum absolute atomic E-state index is 0.340. The smallest absolute Gasteiger partial charge is 0.335 e. The Morgan fingerprint density at radius 3 is 2.25 bits per heavy atom. The molecule has 0 aromatic heterocycles. The maximum absolute atomic E-state index is 10.8. The molecule has 0 spiro atoms. The van der Waals surface area contributed by atoms with Crippen LogP contribution >= 0.6 is 0 Å². The highest BCUT2D eigenvalue weighted by Crippen LogP contribution is 2.23. The summed E-state index contributed by atoms with van der Waals surface area (Å²) in [5.74, 6) is -1.37. The molecule has 1 aliphatic heterocycles. The van der Waals surface area contributed by atoms with Gasteiger partial charge in [0.2, 0.25) is 0 Å². The second-order valence-corrected chi connectivity index (χ2v) is 3.92. The molecule has 94 valence electrons. The number of carboxylic acids is 1. The quantitative estimate of drug-likeness (QED) is 0.461. The van der Waals surface area contributed by atoms with Gasteiger partial charge in [-0.05, 0) is 13.8 Å². The van der Waals surface area contributed by atoms with Gasteiger partial charge in [-0.1, -0.05) is 0 Å². The topological polar surface area (TPSA) is 116 Å². The molecular weight excluding hydrogens is 220 g/mol. The third kappa shape index (κ3) is 2.69. The fourth-order valence-corrected chi connectivity index (χ4v) is 1.52. The van der Waals surface area contributed by atoms with Gasteiger partial charge < -0.3 is 29.9 Å². The van der Waals surface area contributed by atoms with E-state index in [2.05, 4.69) is 4.74 Å². The molecule has 0 aromatic carbocycles. The standard InChI is InChI=1S/C9H16O7/c1-3(2)15-6-4(10)5(11)9(14)16-7(6)8(12)13/h3-7,9-11,14H,1-2H3,(H,12,13)/t4-,5+,6+,7-,9?/m1/s1. The highest BCUT2D eigenvalue weighted by molar-refractivity contribution is 5.73. The summed E-state index contributed by atoms with van der Waals surface area (Å²) in [6, 6.07) is 0. The molecule has 0 radical (unpaired) electrons. The van der Waals surface area contributed by atoms with E-state index in [4.69, 9.17) is 14.9 Å².